The summed E-state index contributed by atoms with van der Waals surface area (Å²) < 4.78 is 15.1. The summed E-state index contributed by atoms with van der Waals surface area (Å²) in [5.41, 5.74) is 2.89. The lowest BCUT2D eigenvalue weighted by Gasteiger charge is -2.45. The van der Waals surface area contributed by atoms with E-state index in [0.717, 1.165) is 5.56 Å². The van der Waals surface area contributed by atoms with Gasteiger partial charge in [-0.2, -0.15) is 10.5 Å². The van der Waals surface area contributed by atoms with Crippen LogP contribution in [0.3, 0.4) is 0 Å². The van der Waals surface area contributed by atoms with E-state index in [1.165, 1.54) is 16.8 Å². The summed E-state index contributed by atoms with van der Waals surface area (Å²) in [4.78, 5) is 26.2. The molecule has 1 fully saturated rings. The molecule has 5 rings (SSSR count). The molecule has 8 nitrogen and oxygen atoms in total. The highest BCUT2D eigenvalue weighted by molar-refractivity contribution is 6.30. The Morgan fingerprint density at radius 3 is 2.47 bits per heavy atom. The molecule has 190 valence electrons. The van der Waals surface area contributed by atoms with Crippen LogP contribution in [0, 0.1) is 28.5 Å². The lowest BCUT2D eigenvalue weighted by Crippen LogP contribution is -2.53. The molecule has 2 atom stereocenters. The number of fused-ring (bicyclic) bond motifs is 1. The van der Waals surface area contributed by atoms with Gasteiger partial charge < -0.3 is 9.47 Å². The Kier molecular flexibility index (Phi) is 6.81. The zero-order valence-corrected chi connectivity index (χ0v) is 21.5. The van der Waals surface area contributed by atoms with Gasteiger partial charge in [0.15, 0.2) is 0 Å². The molecule has 0 saturated carbocycles. The molecule has 0 amide bonds. The van der Waals surface area contributed by atoms with E-state index in [2.05, 4.69) is 27.9 Å². The van der Waals surface area contributed by atoms with Crippen LogP contribution in [0.5, 0.6) is 0 Å². The number of anilines is 1. The maximum absolute atomic E-state index is 13.7. The van der Waals surface area contributed by atoms with Crippen molar-refractivity contribution in [3.05, 3.63) is 98.4 Å². The molecule has 4 heterocycles. The molecule has 0 aliphatic carbocycles. The van der Waals surface area contributed by atoms with E-state index < -0.39 is 11.4 Å². The van der Waals surface area contributed by atoms with Crippen LogP contribution in [0.15, 0.2) is 59.5 Å². The number of nitriles is 2. The molecule has 10 heteroatoms. The van der Waals surface area contributed by atoms with Gasteiger partial charge in [0.1, 0.15) is 34.7 Å². The summed E-state index contributed by atoms with van der Waals surface area (Å²) in [7, 11) is 1.59. The van der Waals surface area contributed by atoms with Crippen LogP contribution >= 0.6 is 11.6 Å². The second-order valence-corrected chi connectivity index (χ2v) is 9.70. The first-order valence-electron chi connectivity index (χ1n) is 12.0. The second kappa shape index (κ2) is 10.2. The van der Waals surface area contributed by atoms with E-state index in [0.29, 0.717) is 47.1 Å². The zero-order chi connectivity index (χ0) is 27.0. The minimum Gasteiger partial charge on any atom is -0.366 e. The van der Waals surface area contributed by atoms with Gasteiger partial charge in [-0.05, 0) is 48.9 Å². The lowest BCUT2D eigenvalue weighted by molar-refractivity contribution is 0.147. The first-order chi connectivity index (χ1) is 18.3. The van der Waals surface area contributed by atoms with E-state index in [1.807, 2.05) is 35.2 Å². The Balaban J connectivity index is 1.56. The third-order valence-corrected chi connectivity index (χ3v) is 7.24. The Labute approximate surface area is 223 Å². The number of rotatable bonds is 4. The smallest absolute Gasteiger partial charge is 0.270 e. The highest BCUT2D eigenvalue weighted by atomic mass is 35.5. The summed E-state index contributed by atoms with van der Waals surface area (Å²) in [6.45, 7) is 3.60. The number of piperazine rings is 1. The maximum atomic E-state index is 13.7. The predicted molar refractivity (Wildman–Crippen MR) is 142 cm³/mol. The van der Waals surface area contributed by atoms with Crippen LogP contribution < -0.4 is 10.5 Å². The minimum absolute atomic E-state index is 0.00214. The fourth-order valence-electron chi connectivity index (χ4n) is 5.15. The summed E-state index contributed by atoms with van der Waals surface area (Å²) >= 11 is 6.14. The highest BCUT2D eigenvalue weighted by Gasteiger charge is 2.34. The van der Waals surface area contributed by atoms with Crippen molar-refractivity contribution in [1.82, 2.24) is 19.4 Å². The van der Waals surface area contributed by atoms with Gasteiger partial charge in [0.2, 0.25) is 0 Å². The largest absolute Gasteiger partial charge is 0.366 e. The number of aromatic nitrogens is 3. The summed E-state index contributed by atoms with van der Waals surface area (Å²) in [6.07, 6.45) is 1.21. The minimum atomic E-state index is -0.411. The van der Waals surface area contributed by atoms with Crippen molar-refractivity contribution >= 4 is 28.3 Å². The number of halogens is 2. The molecular formula is C28H23ClFN7O. The molecule has 1 aromatic carbocycles. The fourth-order valence-corrected chi connectivity index (χ4v) is 5.27. The van der Waals surface area contributed by atoms with E-state index in [1.54, 1.807) is 25.2 Å². The quantitative estimate of drug-likeness (QED) is 0.392. The van der Waals surface area contributed by atoms with Crippen molar-refractivity contribution in [2.75, 3.05) is 24.5 Å². The van der Waals surface area contributed by atoms with Crippen LogP contribution in [0.2, 0.25) is 5.02 Å². The van der Waals surface area contributed by atoms with Gasteiger partial charge in [0, 0.05) is 37.7 Å². The third kappa shape index (κ3) is 4.47. The van der Waals surface area contributed by atoms with Gasteiger partial charge in [-0.15, -0.1) is 0 Å². The van der Waals surface area contributed by atoms with Gasteiger partial charge in [-0.3, -0.25) is 14.7 Å². The normalized spacial score (nSPS) is 16.7. The topological polar surface area (TPSA) is 102 Å². The SMILES string of the molecule is C[C@@H]1CN(c2c(C#N)c(=O)n(C)c3ccc(C#N)nc23)CCN1C(c1ccc(Cl)cc1)c1ccc(F)cn1. The van der Waals surface area contributed by atoms with Crippen molar-refractivity contribution in [2.45, 2.75) is 19.0 Å². The van der Waals surface area contributed by atoms with Crippen molar-refractivity contribution in [3.63, 3.8) is 0 Å². The monoisotopic (exact) mass is 527 g/mol. The van der Waals surface area contributed by atoms with E-state index >= 15 is 0 Å². The van der Waals surface area contributed by atoms with Crippen molar-refractivity contribution in [2.24, 2.45) is 7.05 Å². The number of pyridine rings is 3. The summed E-state index contributed by atoms with van der Waals surface area (Å²) in [5, 5.41) is 20.0. The average molecular weight is 528 g/mol. The molecule has 1 aliphatic heterocycles. The molecule has 0 N–H and O–H groups in total. The molecule has 0 radical (unpaired) electrons. The zero-order valence-electron chi connectivity index (χ0n) is 20.8. The molecule has 1 aliphatic rings. The summed E-state index contributed by atoms with van der Waals surface area (Å²) in [6, 6.07) is 17.6. The van der Waals surface area contributed by atoms with Crippen molar-refractivity contribution in [1.29, 1.82) is 10.5 Å². The molecule has 0 bridgehead atoms. The first-order valence-corrected chi connectivity index (χ1v) is 12.4. The van der Waals surface area contributed by atoms with Crippen molar-refractivity contribution in [3.8, 4) is 12.1 Å². The average Bonchev–Trinajstić information content (AvgIpc) is 2.93. The van der Waals surface area contributed by atoms with Crippen LogP contribution in [-0.4, -0.2) is 45.1 Å². The molecule has 3 aromatic heterocycles. The lowest BCUT2D eigenvalue weighted by atomic mass is 9.97. The number of benzene rings is 1. The fraction of sp³-hybridized carbons (Fsp3) is 0.250. The Morgan fingerprint density at radius 2 is 1.84 bits per heavy atom. The van der Waals surface area contributed by atoms with E-state index in [4.69, 9.17) is 11.6 Å². The first kappa shape index (κ1) is 25.3. The van der Waals surface area contributed by atoms with Gasteiger partial charge in [0.25, 0.3) is 5.56 Å². The molecule has 38 heavy (non-hydrogen) atoms. The Bertz CT molecular complexity index is 1610. The van der Waals surface area contributed by atoms with Crippen LogP contribution in [0.1, 0.15) is 35.5 Å². The van der Waals surface area contributed by atoms with Gasteiger partial charge in [-0.1, -0.05) is 23.7 Å². The standard InChI is InChI=1S/C28H23ClFN7O/c1-17-16-36(27-22(14-32)28(38)35(2)24-10-8-21(13-31)34-25(24)27)11-12-37(17)26(18-3-5-19(29)6-4-18)23-9-7-20(30)15-33-23/h3-10,15,17,26H,11-12,16H2,1-2H3/t17-,26?/m1/s1. The molecule has 0 spiro atoms. The van der Waals surface area contributed by atoms with E-state index in [9.17, 15) is 19.7 Å². The Morgan fingerprint density at radius 1 is 1.08 bits per heavy atom. The molecule has 1 saturated heterocycles. The molecule has 1 unspecified atom stereocenters. The van der Waals surface area contributed by atoms with Crippen LogP contribution in [0.4, 0.5) is 10.1 Å². The van der Waals surface area contributed by atoms with Crippen LogP contribution in [-0.2, 0) is 7.05 Å². The molecule has 4 aromatic rings. The van der Waals surface area contributed by atoms with Gasteiger partial charge in [0.05, 0.1) is 29.1 Å². The van der Waals surface area contributed by atoms with Crippen molar-refractivity contribution < 1.29 is 4.39 Å². The number of nitrogens with zero attached hydrogens (tertiary/aromatic N) is 7. The predicted octanol–water partition coefficient (Wildman–Crippen LogP) is 4.16. The van der Waals surface area contributed by atoms with Gasteiger partial charge in [-0.25, -0.2) is 9.37 Å². The van der Waals surface area contributed by atoms with Gasteiger partial charge >= 0.3 is 0 Å². The number of aryl methyl sites for hydroxylation is 1. The maximum Gasteiger partial charge on any atom is 0.270 e. The number of hydrogen-bond donors (Lipinski definition) is 0. The Hall–Kier alpha value is -4.31. The third-order valence-electron chi connectivity index (χ3n) is 6.98. The number of hydrogen-bond acceptors (Lipinski definition) is 7. The summed E-state index contributed by atoms with van der Waals surface area (Å²) in [5.74, 6) is -0.410. The van der Waals surface area contributed by atoms with Crippen LogP contribution in [0.25, 0.3) is 11.0 Å². The second-order valence-electron chi connectivity index (χ2n) is 9.26. The van der Waals surface area contributed by atoms with E-state index in [-0.39, 0.29) is 23.3 Å². The molecular weight excluding hydrogens is 505 g/mol. The highest BCUT2D eigenvalue weighted by Crippen LogP contribution is 2.35.